The molecule has 0 fully saturated rings. The van der Waals surface area contributed by atoms with Crippen molar-refractivity contribution in [3.05, 3.63) is 75.1 Å². The molecule has 0 aliphatic heterocycles. The van der Waals surface area contributed by atoms with Gasteiger partial charge in [-0.1, -0.05) is 0 Å². The van der Waals surface area contributed by atoms with Gasteiger partial charge in [0.1, 0.15) is 0 Å². The third-order valence-electron chi connectivity index (χ3n) is 4.84. The summed E-state index contributed by atoms with van der Waals surface area (Å²) in [5, 5.41) is 0. The monoisotopic (exact) mass is 449 g/mol. The van der Waals surface area contributed by atoms with Crippen LogP contribution in [-0.2, 0) is 27.3 Å². The molecular weight excluding hydrogens is 430 g/mol. The molecule has 0 aromatic heterocycles. The van der Waals surface area contributed by atoms with Gasteiger partial charge in [0.25, 0.3) is 0 Å². The predicted octanol–water partition coefficient (Wildman–Crippen LogP) is -1.66. The van der Waals surface area contributed by atoms with Crippen LogP contribution in [0.2, 0.25) is 13.1 Å². The van der Waals surface area contributed by atoms with Gasteiger partial charge in [0.2, 0.25) is 0 Å². The number of hydrogen-bond donors (Lipinski definition) is 0. The van der Waals surface area contributed by atoms with E-state index >= 15 is 0 Å². The van der Waals surface area contributed by atoms with Crippen molar-refractivity contribution in [3.8, 4) is 11.1 Å². The molecule has 123 valence electrons. The number of hydrogen-bond acceptors (Lipinski definition) is 0. The Balaban J connectivity index is 0.00000104. The van der Waals surface area contributed by atoms with E-state index in [1.807, 2.05) is 3.28 Å². The van der Waals surface area contributed by atoms with Crippen LogP contribution in [0.1, 0.15) is 17.5 Å². The van der Waals surface area contributed by atoms with Crippen LogP contribution in [0.15, 0.2) is 64.0 Å². The van der Waals surface area contributed by atoms with Crippen molar-refractivity contribution < 1.29 is 45.7 Å². The molecule has 0 saturated carbocycles. The van der Waals surface area contributed by atoms with Gasteiger partial charge < -0.3 is 24.8 Å². The second-order valence-corrected chi connectivity index (χ2v) is 25.7. The van der Waals surface area contributed by atoms with Gasteiger partial charge in [-0.3, -0.25) is 0 Å². The van der Waals surface area contributed by atoms with E-state index in [0.717, 1.165) is 6.42 Å². The Morgan fingerprint density at radius 1 is 0.917 bits per heavy atom. The van der Waals surface area contributed by atoms with E-state index in [2.05, 4.69) is 73.8 Å². The summed E-state index contributed by atoms with van der Waals surface area (Å²) in [4.78, 5) is 0. The van der Waals surface area contributed by atoms with Crippen molar-refractivity contribution in [2.45, 2.75) is 25.9 Å². The zero-order valence-electron chi connectivity index (χ0n) is 14.0. The molecule has 2 aliphatic rings. The quantitative estimate of drug-likeness (QED) is 0.418. The minimum atomic E-state index is -1.64. The average molecular weight is 452 g/mol. The Bertz CT molecular complexity index is 796. The van der Waals surface area contributed by atoms with Gasteiger partial charge in [-0.2, -0.15) is 0 Å². The zero-order chi connectivity index (χ0) is 15.1. The van der Waals surface area contributed by atoms with Crippen molar-refractivity contribution in [2.75, 3.05) is 0 Å². The Morgan fingerprint density at radius 3 is 2.38 bits per heavy atom. The van der Waals surface area contributed by atoms with Gasteiger partial charge >= 0.3 is 142 Å². The standard InChI is InChI=1S/C13H9.C5H5.C2H7Si.2ClH.Zr/c1-3-7-12-10(5-1)9-11-6-2-4-8-13(11)12;1-2-4-5-3-1;1-3-2;;;/h1-5,7-8H,9H2;1-3H,4H2;3H,1-2H3;2*1H;/q;;;;;+2/p-2. The van der Waals surface area contributed by atoms with Crippen LogP contribution < -0.4 is 28.1 Å². The van der Waals surface area contributed by atoms with Crippen LogP contribution in [0.5, 0.6) is 0 Å². The molecule has 2 aromatic carbocycles. The molecule has 0 spiro atoms. The topological polar surface area (TPSA) is 0 Å². The van der Waals surface area contributed by atoms with Crippen LogP contribution in [-0.4, -0.2) is 5.92 Å². The molecule has 0 atom stereocenters. The largest absolute Gasteiger partial charge is 1.00 e. The Labute approximate surface area is 166 Å². The summed E-state index contributed by atoms with van der Waals surface area (Å²) in [6, 6.07) is 16.1. The van der Waals surface area contributed by atoms with Gasteiger partial charge in [0.05, 0.1) is 0 Å². The molecular formula is C20H21Cl2SiZr. The minimum Gasteiger partial charge on any atom is -1.00 e. The van der Waals surface area contributed by atoms with E-state index in [0.29, 0.717) is 0 Å². The number of benzene rings is 2. The first-order valence-corrected chi connectivity index (χ1v) is 17.8. The molecule has 0 nitrogen and oxygen atoms in total. The fourth-order valence-electron chi connectivity index (χ4n) is 3.91. The van der Waals surface area contributed by atoms with Crippen molar-refractivity contribution in [1.29, 1.82) is 0 Å². The first-order valence-electron chi connectivity index (χ1n) is 8.19. The van der Waals surface area contributed by atoms with Crippen LogP contribution in [0.25, 0.3) is 11.1 Å². The van der Waals surface area contributed by atoms with Crippen LogP contribution in [0.4, 0.5) is 0 Å². The molecule has 2 aliphatic carbocycles. The van der Waals surface area contributed by atoms with Crippen LogP contribution in [0.3, 0.4) is 0 Å². The number of fused-ring (bicyclic) bond motifs is 3. The summed E-state index contributed by atoms with van der Waals surface area (Å²) < 4.78 is 3.63. The van der Waals surface area contributed by atoms with Gasteiger partial charge in [0, 0.05) is 0 Å². The van der Waals surface area contributed by atoms with E-state index in [9.17, 15) is 0 Å². The molecule has 0 amide bonds. The van der Waals surface area contributed by atoms with E-state index in [1.54, 1.807) is 8.83 Å². The van der Waals surface area contributed by atoms with Gasteiger partial charge in [-0.05, 0) is 0 Å². The maximum atomic E-state index is 2.58. The fraction of sp³-hybridized carbons (Fsp3) is 0.200. The molecule has 0 N–H and O–H groups in total. The minimum absolute atomic E-state index is 0. The van der Waals surface area contributed by atoms with E-state index in [-0.39, 0.29) is 24.8 Å². The molecule has 0 saturated heterocycles. The molecule has 0 bridgehead atoms. The third kappa shape index (κ3) is 3.44. The molecule has 0 radical (unpaired) electrons. The number of rotatable bonds is 3. The maximum absolute atomic E-state index is 2.58. The first kappa shape index (κ1) is 19.9. The van der Waals surface area contributed by atoms with Crippen LogP contribution in [0, 0.1) is 0 Å². The van der Waals surface area contributed by atoms with E-state index in [1.165, 1.54) is 23.1 Å². The molecule has 24 heavy (non-hydrogen) atoms. The maximum Gasteiger partial charge on any atom is -1.00 e. The van der Waals surface area contributed by atoms with Crippen molar-refractivity contribution in [2.24, 2.45) is 0 Å². The Hall–Kier alpha value is -0.400. The van der Waals surface area contributed by atoms with Crippen molar-refractivity contribution in [1.82, 2.24) is 0 Å². The molecule has 2 aromatic rings. The zero-order valence-corrected chi connectivity index (χ0v) is 19.1. The van der Waals surface area contributed by atoms with Crippen molar-refractivity contribution in [3.63, 3.8) is 0 Å². The molecule has 4 heteroatoms. The van der Waals surface area contributed by atoms with Gasteiger partial charge in [-0.15, -0.1) is 0 Å². The summed E-state index contributed by atoms with van der Waals surface area (Å²) in [6.45, 7) is 5.16. The van der Waals surface area contributed by atoms with Crippen LogP contribution >= 0.6 is 0 Å². The summed E-state index contributed by atoms with van der Waals surface area (Å²) >= 11 is -1.64. The summed E-state index contributed by atoms with van der Waals surface area (Å²) in [7, 11) is 0. The molecule has 4 rings (SSSR count). The molecule has 0 heterocycles. The summed E-state index contributed by atoms with van der Waals surface area (Å²) in [6.07, 6.45) is 9.47. The van der Waals surface area contributed by atoms with E-state index in [4.69, 9.17) is 0 Å². The number of halogens is 2. The summed E-state index contributed by atoms with van der Waals surface area (Å²) in [5.41, 5.74) is 6.20. The SMILES string of the molecule is C[SiH](C)[Zr+2]([C]1=CC=CC1)[c]1cccc2c1Cc1ccccc1-2.[Cl-].[Cl-]. The fourth-order valence-corrected chi connectivity index (χ4v) is 22.6. The van der Waals surface area contributed by atoms with E-state index < -0.39 is 26.8 Å². The first-order chi connectivity index (χ1) is 10.8. The number of allylic oxidation sites excluding steroid dienone is 4. The second kappa shape index (κ2) is 8.32. The molecule has 0 unspecified atom stereocenters. The van der Waals surface area contributed by atoms with Gasteiger partial charge in [0.15, 0.2) is 0 Å². The second-order valence-electron chi connectivity index (χ2n) is 6.56. The predicted molar refractivity (Wildman–Crippen MR) is 95.0 cm³/mol. The summed E-state index contributed by atoms with van der Waals surface area (Å²) in [5.74, 6) is -0.609. The van der Waals surface area contributed by atoms with Gasteiger partial charge in [-0.25, -0.2) is 0 Å². The third-order valence-corrected chi connectivity index (χ3v) is 23.7. The Kier molecular flexibility index (Phi) is 6.90. The normalized spacial score (nSPS) is 13.7. The smallest absolute Gasteiger partial charge is 1.00 e. The van der Waals surface area contributed by atoms with Crippen molar-refractivity contribution >= 4 is 9.19 Å². The Morgan fingerprint density at radius 2 is 1.67 bits per heavy atom. The average Bonchev–Trinajstić information content (AvgIpc) is 3.15.